The zero-order valence-electron chi connectivity index (χ0n) is 16.3. The Labute approximate surface area is 164 Å². The SMILES string of the molecule is Cc1noc(COCC(=O)N2CCOCC2c2c(C)nn(CC(F)(F)F)c2C)n1. The number of alkyl halides is 3. The molecular formula is C17H22F3N5O4. The van der Waals surface area contributed by atoms with Crippen molar-refractivity contribution < 1.29 is 32.0 Å². The number of nitrogens with zero attached hydrogens (tertiary/aromatic N) is 5. The van der Waals surface area contributed by atoms with Gasteiger partial charge in [0.2, 0.25) is 5.91 Å². The summed E-state index contributed by atoms with van der Waals surface area (Å²) in [5.74, 6) is 0.413. The summed E-state index contributed by atoms with van der Waals surface area (Å²) < 4.78 is 55.1. The Hall–Kier alpha value is -2.47. The Morgan fingerprint density at radius 3 is 2.72 bits per heavy atom. The van der Waals surface area contributed by atoms with E-state index >= 15 is 0 Å². The number of aromatic nitrogens is 4. The van der Waals surface area contributed by atoms with Gasteiger partial charge in [0.25, 0.3) is 5.89 Å². The first kappa shape index (κ1) is 21.2. The van der Waals surface area contributed by atoms with Crippen LogP contribution < -0.4 is 0 Å². The average Bonchev–Trinajstić information content (AvgIpc) is 3.16. The van der Waals surface area contributed by atoms with Gasteiger partial charge in [-0.15, -0.1) is 0 Å². The molecule has 1 aliphatic heterocycles. The smallest absolute Gasteiger partial charge is 0.377 e. The maximum atomic E-state index is 12.8. The van der Waals surface area contributed by atoms with Crippen molar-refractivity contribution in [2.24, 2.45) is 0 Å². The van der Waals surface area contributed by atoms with Crippen LogP contribution in [0.25, 0.3) is 0 Å². The molecule has 0 aliphatic carbocycles. The minimum absolute atomic E-state index is 0.0108. The maximum Gasteiger partial charge on any atom is 0.408 e. The topological polar surface area (TPSA) is 95.5 Å². The first-order valence-electron chi connectivity index (χ1n) is 9.00. The number of hydrogen-bond acceptors (Lipinski definition) is 7. The van der Waals surface area contributed by atoms with Crippen molar-refractivity contribution in [1.82, 2.24) is 24.8 Å². The number of carbonyl (C=O) groups excluding carboxylic acids is 1. The number of amides is 1. The lowest BCUT2D eigenvalue weighted by molar-refractivity contribution is -0.146. The van der Waals surface area contributed by atoms with Crippen molar-refractivity contribution >= 4 is 5.91 Å². The van der Waals surface area contributed by atoms with Crippen LogP contribution in [0.1, 0.15) is 34.7 Å². The van der Waals surface area contributed by atoms with E-state index in [2.05, 4.69) is 15.2 Å². The highest BCUT2D eigenvalue weighted by Gasteiger charge is 2.35. The molecule has 2 aromatic heterocycles. The molecule has 2 aromatic rings. The van der Waals surface area contributed by atoms with E-state index in [1.165, 1.54) is 0 Å². The van der Waals surface area contributed by atoms with Crippen molar-refractivity contribution in [3.63, 3.8) is 0 Å². The molecule has 0 saturated carbocycles. The molecule has 1 aliphatic rings. The van der Waals surface area contributed by atoms with Gasteiger partial charge in [-0.1, -0.05) is 5.16 Å². The molecule has 0 radical (unpaired) electrons. The summed E-state index contributed by atoms with van der Waals surface area (Å²) in [7, 11) is 0. The Kier molecular flexibility index (Phi) is 6.22. The maximum absolute atomic E-state index is 12.8. The van der Waals surface area contributed by atoms with Gasteiger partial charge in [0.05, 0.1) is 24.9 Å². The van der Waals surface area contributed by atoms with Crippen LogP contribution in [-0.4, -0.2) is 63.3 Å². The van der Waals surface area contributed by atoms with Crippen LogP contribution in [0, 0.1) is 20.8 Å². The fraction of sp³-hybridized carbons (Fsp3) is 0.647. The molecule has 1 fully saturated rings. The van der Waals surface area contributed by atoms with Crippen molar-refractivity contribution in [2.45, 2.75) is 46.1 Å². The summed E-state index contributed by atoms with van der Waals surface area (Å²) in [6.07, 6.45) is -4.39. The predicted octanol–water partition coefficient (Wildman–Crippen LogP) is 1.87. The molecule has 0 aromatic carbocycles. The molecule has 9 nitrogen and oxygen atoms in total. The number of halogens is 3. The van der Waals surface area contributed by atoms with Gasteiger partial charge in [0, 0.05) is 17.8 Å². The summed E-state index contributed by atoms with van der Waals surface area (Å²) in [5.41, 5.74) is 1.35. The molecule has 1 unspecified atom stereocenters. The molecule has 12 heteroatoms. The second-order valence-corrected chi connectivity index (χ2v) is 6.76. The van der Waals surface area contributed by atoms with Crippen molar-refractivity contribution in [1.29, 1.82) is 0 Å². The molecule has 3 heterocycles. The van der Waals surface area contributed by atoms with Gasteiger partial charge in [-0.3, -0.25) is 9.48 Å². The molecule has 1 saturated heterocycles. The van der Waals surface area contributed by atoms with Crippen LogP contribution >= 0.6 is 0 Å². The Bertz CT molecular complexity index is 864. The van der Waals surface area contributed by atoms with E-state index in [1.54, 1.807) is 25.7 Å². The lowest BCUT2D eigenvalue weighted by Crippen LogP contribution is -2.45. The van der Waals surface area contributed by atoms with E-state index in [0.29, 0.717) is 35.9 Å². The van der Waals surface area contributed by atoms with Crippen LogP contribution in [0.2, 0.25) is 0 Å². The van der Waals surface area contributed by atoms with Gasteiger partial charge in [-0.2, -0.15) is 23.3 Å². The summed E-state index contributed by atoms with van der Waals surface area (Å²) in [4.78, 5) is 18.2. The number of morpholine rings is 1. The van der Waals surface area contributed by atoms with E-state index in [4.69, 9.17) is 14.0 Å². The number of hydrogen-bond donors (Lipinski definition) is 0. The molecule has 0 bridgehead atoms. The first-order chi connectivity index (χ1) is 13.7. The second kappa shape index (κ2) is 8.49. The third kappa shape index (κ3) is 5.12. The van der Waals surface area contributed by atoms with Gasteiger partial charge >= 0.3 is 6.18 Å². The van der Waals surface area contributed by atoms with Crippen LogP contribution in [0.4, 0.5) is 13.2 Å². The zero-order valence-corrected chi connectivity index (χ0v) is 16.3. The molecule has 1 atom stereocenters. The first-order valence-corrected chi connectivity index (χ1v) is 9.00. The van der Waals surface area contributed by atoms with E-state index < -0.39 is 18.8 Å². The summed E-state index contributed by atoms with van der Waals surface area (Å²) >= 11 is 0. The highest BCUT2D eigenvalue weighted by molar-refractivity contribution is 5.78. The summed E-state index contributed by atoms with van der Waals surface area (Å²) in [6.45, 7) is 4.24. The zero-order chi connectivity index (χ0) is 21.2. The fourth-order valence-electron chi connectivity index (χ4n) is 3.37. The van der Waals surface area contributed by atoms with Gasteiger partial charge in [0.1, 0.15) is 19.8 Å². The van der Waals surface area contributed by atoms with E-state index in [9.17, 15) is 18.0 Å². The van der Waals surface area contributed by atoms with Crippen LogP contribution in [0.15, 0.2) is 4.52 Å². The predicted molar refractivity (Wildman–Crippen MR) is 91.7 cm³/mol. The van der Waals surface area contributed by atoms with E-state index in [0.717, 1.165) is 4.68 Å². The number of aryl methyl sites for hydroxylation is 2. The average molecular weight is 417 g/mol. The number of rotatable bonds is 6. The largest absolute Gasteiger partial charge is 0.408 e. The molecule has 160 valence electrons. The van der Waals surface area contributed by atoms with Gasteiger partial charge < -0.3 is 18.9 Å². The third-order valence-corrected chi connectivity index (χ3v) is 4.57. The Balaban J connectivity index is 1.71. The monoisotopic (exact) mass is 417 g/mol. The Morgan fingerprint density at radius 1 is 1.31 bits per heavy atom. The molecule has 0 spiro atoms. The van der Waals surface area contributed by atoms with Gasteiger partial charge in [-0.25, -0.2) is 0 Å². The lowest BCUT2D eigenvalue weighted by atomic mass is 10.0. The lowest BCUT2D eigenvalue weighted by Gasteiger charge is -2.36. The van der Waals surface area contributed by atoms with Gasteiger partial charge in [0.15, 0.2) is 5.82 Å². The minimum atomic E-state index is -4.39. The van der Waals surface area contributed by atoms with Crippen molar-refractivity contribution in [3.8, 4) is 0 Å². The van der Waals surface area contributed by atoms with Crippen LogP contribution in [0.5, 0.6) is 0 Å². The summed E-state index contributed by atoms with van der Waals surface area (Å²) in [5, 5.41) is 7.65. The summed E-state index contributed by atoms with van der Waals surface area (Å²) in [6, 6.07) is -0.535. The third-order valence-electron chi connectivity index (χ3n) is 4.57. The second-order valence-electron chi connectivity index (χ2n) is 6.76. The molecule has 29 heavy (non-hydrogen) atoms. The van der Waals surface area contributed by atoms with Crippen LogP contribution in [-0.2, 0) is 27.4 Å². The van der Waals surface area contributed by atoms with Gasteiger partial charge in [-0.05, 0) is 20.8 Å². The molecule has 3 rings (SSSR count). The van der Waals surface area contributed by atoms with E-state index in [1.807, 2.05) is 0 Å². The highest BCUT2D eigenvalue weighted by atomic mass is 19.4. The molecule has 1 amide bonds. The minimum Gasteiger partial charge on any atom is -0.377 e. The molecular weight excluding hydrogens is 395 g/mol. The number of ether oxygens (including phenoxy) is 2. The van der Waals surface area contributed by atoms with Crippen LogP contribution in [0.3, 0.4) is 0 Å². The highest BCUT2D eigenvalue weighted by Crippen LogP contribution is 2.31. The van der Waals surface area contributed by atoms with Crippen molar-refractivity contribution in [2.75, 3.05) is 26.4 Å². The number of carbonyl (C=O) groups is 1. The fourth-order valence-corrected chi connectivity index (χ4v) is 3.37. The standard InChI is InChI=1S/C17H22F3N5O4/c1-10-16(11(2)25(22-10)9-17(18,19)20)13-6-27-5-4-24(13)15(26)8-28-7-14-21-12(3)23-29-14/h13H,4-9H2,1-3H3. The molecule has 0 N–H and O–H groups in total. The quantitative estimate of drug-likeness (QED) is 0.708. The Morgan fingerprint density at radius 2 is 2.07 bits per heavy atom. The van der Waals surface area contributed by atoms with Crippen molar-refractivity contribution in [3.05, 3.63) is 28.7 Å². The van der Waals surface area contributed by atoms with E-state index in [-0.39, 0.29) is 31.6 Å². The normalized spacial score (nSPS) is 17.7.